The Morgan fingerprint density at radius 2 is 1.64 bits per heavy atom. The topological polar surface area (TPSA) is 93.8 Å². The van der Waals surface area contributed by atoms with Crippen molar-refractivity contribution in [2.45, 2.75) is 0 Å². The third kappa shape index (κ3) is 2.49. The minimum Gasteiger partial charge on any atom is -0.366 e. The van der Waals surface area contributed by atoms with Crippen LogP contribution in [0.3, 0.4) is 0 Å². The van der Waals surface area contributed by atoms with Gasteiger partial charge in [-0.2, -0.15) is 0 Å². The summed E-state index contributed by atoms with van der Waals surface area (Å²) >= 11 is 0. The largest absolute Gasteiger partial charge is 0.366 e. The number of carbonyl (C=O) groups excluding carboxylic acids is 1. The summed E-state index contributed by atoms with van der Waals surface area (Å²) in [5.41, 5.74) is 8.59. The lowest BCUT2D eigenvalue weighted by atomic mass is 10.1. The van der Waals surface area contributed by atoms with E-state index in [1.807, 2.05) is 36.4 Å². The van der Waals surface area contributed by atoms with Crippen molar-refractivity contribution >= 4 is 16.8 Å². The number of amides is 1. The van der Waals surface area contributed by atoms with Crippen molar-refractivity contribution in [1.29, 1.82) is 0 Å². The second kappa shape index (κ2) is 5.76. The number of H-pyrrole nitrogens is 1. The molecule has 6 nitrogen and oxygen atoms in total. The predicted octanol–water partition coefficient (Wildman–Crippen LogP) is 2.48. The summed E-state index contributed by atoms with van der Waals surface area (Å²) < 4.78 is 1.41. The maximum absolute atomic E-state index is 12.7. The highest BCUT2D eigenvalue weighted by Crippen LogP contribution is 2.20. The Bertz CT molecular complexity index is 1130. The number of primary amides is 1. The molecule has 0 fully saturated rings. The summed E-state index contributed by atoms with van der Waals surface area (Å²) in [5.74, 6) is -0.623. The van der Waals surface area contributed by atoms with Crippen molar-refractivity contribution < 1.29 is 4.79 Å². The molecular weight excluding hydrogens is 316 g/mol. The molecule has 122 valence electrons. The van der Waals surface area contributed by atoms with Gasteiger partial charge in [-0.15, -0.1) is 0 Å². The van der Waals surface area contributed by atoms with Crippen molar-refractivity contribution in [3.05, 3.63) is 82.9 Å². The van der Waals surface area contributed by atoms with Crippen LogP contribution in [0.25, 0.3) is 27.7 Å². The Kier molecular flexibility index (Phi) is 3.43. The van der Waals surface area contributed by atoms with Crippen LogP contribution in [0, 0.1) is 0 Å². The zero-order chi connectivity index (χ0) is 17.4. The van der Waals surface area contributed by atoms with Crippen LogP contribution in [0.5, 0.6) is 0 Å². The van der Waals surface area contributed by atoms with E-state index in [1.165, 1.54) is 4.68 Å². The fraction of sp³-hybridized carbons (Fsp3) is 0. The van der Waals surface area contributed by atoms with Gasteiger partial charge < -0.3 is 5.73 Å². The monoisotopic (exact) mass is 330 g/mol. The molecule has 0 saturated carbocycles. The molecule has 4 rings (SSSR count). The first kappa shape index (κ1) is 14.9. The quantitative estimate of drug-likeness (QED) is 0.604. The molecule has 0 radical (unpaired) electrons. The lowest BCUT2D eigenvalue weighted by molar-refractivity contribution is 0.100. The van der Waals surface area contributed by atoms with E-state index in [4.69, 9.17) is 5.73 Å². The average Bonchev–Trinajstić information content (AvgIpc) is 2.99. The van der Waals surface area contributed by atoms with Gasteiger partial charge in [0.25, 0.3) is 5.56 Å². The maximum atomic E-state index is 12.7. The van der Waals surface area contributed by atoms with Crippen LogP contribution in [-0.4, -0.2) is 20.7 Å². The van der Waals surface area contributed by atoms with Crippen molar-refractivity contribution in [2.24, 2.45) is 5.73 Å². The van der Waals surface area contributed by atoms with Crippen LogP contribution in [0.1, 0.15) is 10.4 Å². The third-order valence-electron chi connectivity index (χ3n) is 4.12. The van der Waals surface area contributed by atoms with Crippen molar-refractivity contribution in [3.8, 4) is 16.8 Å². The number of pyridine rings is 1. The van der Waals surface area contributed by atoms with Gasteiger partial charge in [0.05, 0.1) is 22.2 Å². The van der Waals surface area contributed by atoms with Gasteiger partial charge in [-0.1, -0.05) is 18.2 Å². The fourth-order valence-corrected chi connectivity index (χ4v) is 2.89. The van der Waals surface area contributed by atoms with E-state index in [9.17, 15) is 9.59 Å². The number of hydrogen-bond acceptors (Lipinski definition) is 3. The lowest BCUT2D eigenvalue weighted by Gasteiger charge is -2.04. The van der Waals surface area contributed by atoms with Crippen molar-refractivity contribution in [3.63, 3.8) is 0 Å². The second-order valence-corrected chi connectivity index (χ2v) is 5.63. The highest BCUT2D eigenvalue weighted by atomic mass is 16.1. The van der Waals surface area contributed by atoms with Crippen molar-refractivity contribution in [1.82, 2.24) is 14.8 Å². The second-order valence-electron chi connectivity index (χ2n) is 5.63. The first-order chi connectivity index (χ1) is 12.1. The molecule has 0 bridgehead atoms. The summed E-state index contributed by atoms with van der Waals surface area (Å²) in [5, 5.41) is 3.32. The van der Waals surface area contributed by atoms with Gasteiger partial charge in [-0.05, 0) is 47.5 Å². The van der Waals surface area contributed by atoms with E-state index in [0.29, 0.717) is 16.6 Å². The Balaban J connectivity index is 1.83. The molecule has 25 heavy (non-hydrogen) atoms. The molecule has 0 spiro atoms. The first-order valence-electron chi connectivity index (χ1n) is 7.69. The smallest absolute Gasteiger partial charge is 0.279 e. The molecule has 4 aromatic rings. The van der Waals surface area contributed by atoms with Gasteiger partial charge in [0.15, 0.2) is 0 Å². The molecule has 1 amide bonds. The number of carbonyl (C=O) groups is 1. The molecular formula is C19H14N4O2. The lowest BCUT2D eigenvalue weighted by Crippen LogP contribution is -2.18. The minimum atomic E-state index is -0.623. The van der Waals surface area contributed by atoms with E-state index in [2.05, 4.69) is 10.1 Å². The predicted molar refractivity (Wildman–Crippen MR) is 95.6 cm³/mol. The van der Waals surface area contributed by atoms with E-state index in [0.717, 1.165) is 11.1 Å². The molecule has 6 heteroatoms. The van der Waals surface area contributed by atoms with Gasteiger partial charge in [-0.25, -0.2) is 4.68 Å². The standard InChI is InChI=1S/C19H14N4O2/c20-18(24)15-2-1-3-16-17(15)19(25)23(22-16)14-6-4-12(5-7-14)13-8-10-21-11-9-13/h1-11,22H,(H2,20,24). The number of hydrogen-bond donors (Lipinski definition) is 2. The summed E-state index contributed by atoms with van der Waals surface area (Å²) in [7, 11) is 0. The van der Waals surface area contributed by atoms with E-state index in [1.54, 1.807) is 30.6 Å². The van der Waals surface area contributed by atoms with Crippen LogP contribution < -0.4 is 11.3 Å². The first-order valence-corrected chi connectivity index (χ1v) is 7.69. The van der Waals surface area contributed by atoms with Crippen LogP contribution in [0.15, 0.2) is 71.8 Å². The number of fused-ring (bicyclic) bond motifs is 1. The molecule has 2 heterocycles. The fourth-order valence-electron chi connectivity index (χ4n) is 2.89. The van der Waals surface area contributed by atoms with Crippen LogP contribution in [0.4, 0.5) is 0 Å². The Morgan fingerprint density at radius 1 is 0.960 bits per heavy atom. The highest BCUT2D eigenvalue weighted by molar-refractivity contribution is 6.05. The van der Waals surface area contributed by atoms with E-state index in [-0.39, 0.29) is 11.1 Å². The normalized spacial score (nSPS) is 10.9. The third-order valence-corrected chi connectivity index (χ3v) is 4.12. The summed E-state index contributed by atoms with van der Waals surface area (Å²) in [4.78, 5) is 28.3. The Labute approximate surface area is 142 Å². The molecule has 3 N–H and O–H groups in total. The SMILES string of the molecule is NC(=O)c1cccc2[nH]n(-c3ccc(-c4ccncc4)cc3)c(=O)c12. The summed E-state index contributed by atoms with van der Waals surface area (Å²) in [6.07, 6.45) is 3.47. The average molecular weight is 330 g/mol. The molecule has 0 saturated heterocycles. The van der Waals surface area contributed by atoms with E-state index < -0.39 is 5.91 Å². The molecule has 2 aromatic heterocycles. The number of aromatic amines is 1. The number of aromatic nitrogens is 3. The van der Waals surface area contributed by atoms with Crippen molar-refractivity contribution in [2.75, 3.05) is 0 Å². The molecule has 0 unspecified atom stereocenters. The molecule has 0 aliphatic rings. The zero-order valence-electron chi connectivity index (χ0n) is 13.1. The van der Waals surface area contributed by atoms with Gasteiger partial charge >= 0.3 is 0 Å². The summed E-state index contributed by atoms with van der Waals surface area (Å²) in [6, 6.07) is 16.4. The number of benzene rings is 2. The molecule has 0 aliphatic carbocycles. The number of rotatable bonds is 3. The van der Waals surface area contributed by atoms with Crippen LogP contribution in [-0.2, 0) is 0 Å². The van der Waals surface area contributed by atoms with Gasteiger partial charge in [0, 0.05) is 12.4 Å². The van der Waals surface area contributed by atoms with Crippen LogP contribution in [0.2, 0.25) is 0 Å². The number of nitrogens with two attached hydrogens (primary N) is 1. The van der Waals surface area contributed by atoms with Gasteiger partial charge in [0.2, 0.25) is 5.91 Å². The Hall–Kier alpha value is -3.67. The molecule has 0 aliphatic heterocycles. The Morgan fingerprint density at radius 3 is 2.32 bits per heavy atom. The minimum absolute atomic E-state index is 0.214. The number of nitrogens with zero attached hydrogens (tertiary/aromatic N) is 2. The maximum Gasteiger partial charge on any atom is 0.279 e. The van der Waals surface area contributed by atoms with Gasteiger partial charge in [-0.3, -0.25) is 19.7 Å². The number of nitrogens with one attached hydrogen (secondary N) is 1. The molecule has 2 aromatic carbocycles. The van der Waals surface area contributed by atoms with Crippen LogP contribution >= 0.6 is 0 Å². The van der Waals surface area contributed by atoms with E-state index >= 15 is 0 Å². The summed E-state index contributed by atoms with van der Waals surface area (Å²) in [6.45, 7) is 0. The molecule has 0 atom stereocenters. The zero-order valence-corrected chi connectivity index (χ0v) is 13.1. The highest BCUT2D eigenvalue weighted by Gasteiger charge is 2.15. The van der Waals surface area contributed by atoms with Gasteiger partial charge in [0.1, 0.15) is 0 Å².